The van der Waals surface area contributed by atoms with Crippen LogP contribution in [-0.4, -0.2) is 10.9 Å². The number of benzene rings is 1. The zero-order valence-corrected chi connectivity index (χ0v) is 11.2. The standard InChI is InChI=1S/C13H9BrF2N2O/c14-9-2-1-8(5-10(9)15)6-13(19)18-12-3-4-17-7-11(12)16/h1-5,7H,6H2,(H,17,18,19). The lowest BCUT2D eigenvalue weighted by Crippen LogP contribution is -2.15. The molecule has 3 nitrogen and oxygen atoms in total. The summed E-state index contributed by atoms with van der Waals surface area (Å²) in [6.45, 7) is 0. The number of pyridine rings is 1. The summed E-state index contributed by atoms with van der Waals surface area (Å²) in [7, 11) is 0. The molecule has 0 fully saturated rings. The van der Waals surface area contributed by atoms with E-state index in [4.69, 9.17) is 0 Å². The van der Waals surface area contributed by atoms with E-state index in [0.717, 1.165) is 6.20 Å². The van der Waals surface area contributed by atoms with Gasteiger partial charge in [-0.05, 0) is 39.7 Å². The fraction of sp³-hybridized carbons (Fsp3) is 0.0769. The molecule has 98 valence electrons. The Morgan fingerprint density at radius 3 is 2.74 bits per heavy atom. The van der Waals surface area contributed by atoms with E-state index in [1.54, 1.807) is 6.07 Å². The monoisotopic (exact) mass is 326 g/mol. The molecule has 0 spiro atoms. The van der Waals surface area contributed by atoms with Gasteiger partial charge in [-0.15, -0.1) is 0 Å². The molecule has 1 aromatic carbocycles. The third-order valence-corrected chi connectivity index (χ3v) is 3.04. The molecule has 1 aromatic heterocycles. The number of halogens is 3. The summed E-state index contributed by atoms with van der Waals surface area (Å²) in [4.78, 5) is 15.3. The predicted molar refractivity (Wildman–Crippen MR) is 70.6 cm³/mol. The molecule has 0 saturated heterocycles. The third kappa shape index (κ3) is 3.57. The van der Waals surface area contributed by atoms with Gasteiger partial charge in [-0.25, -0.2) is 8.78 Å². The number of nitrogens with zero attached hydrogens (tertiary/aromatic N) is 1. The molecular formula is C13H9BrF2N2O. The summed E-state index contributed by atoms with van der Waals surface area (Å²) < 4.78 is 26.9. The zero-order chi connectivity index (χ0) is 13.8. The molecule has 0 atom stereocenters. The number of aromatic nitrogens is 1. The van der Waals surface area contributed by atoms with Crippen molar-refractivity contribution in [2.75, 3.05) is 5.32 Å². The molecule has 19 heavy (non-hydrogen) atoms. The van der Waals surface area contributed by atoms with Gasteiger partial charge in [0.1, 0.15) is 5.82 Å². The number of hydrogen-bond donors (Lipinski definition) is 1. The summed E-state index contributed by atoms with van der Waals surface area (Å²) >= 11 is 3.03. The normalized spacial score (nSPS) is 10.3. The van der Waals surface area contributed by atoms with E-state index in [9.17, 15) is 13.6 Å². The molecule has 0 aliphatic heterocycles. The van der Waals surface area contributed by atoms with E-state index in [1.807, 2.05) is 0 Å². The first-order valence-corrected chi connectivity index (χ1v) is 6.19. The van der Waals surface area contributed by atoms with Gasteiger partial charge in [0.2, 0.25) is 5.91 Å². The number of hydrogen-bond acceptors (Lipinski definition) is 2. The van der Waals surface area contributed by atoms with Crippen LogP contribution in [0.15, 0.2) is 41.1 Å². The van der Waals surface area contributed by atoms with Gasteiger partial charge in [-0.3, -0.25) is 9.78 Å². The Hall–Kier alpha value is -1.82. The molecule has 0 bridgehead atoms. The van der Waals surface area contributed by atoms with Crippen molar-refractivity contribution < 1.29 is 13.6 Å². The van der Waals surface area contributed by atoms with Gasteiger partial charge < -0.3 is 5.32 Å². The van der Waals surface area contributed by atoms with Crippen molar-refractivity contribution in [1.29, 1.82) is 0 Å². The summed E-state index contributed by atoms with van der Waals surface area (Å²) in [5, 5.41) is 2.40. The molecule has 2 aromatic rings. The van der Waals surface area contributed by atoms with Crippen molar-refractivity contribution in [1.82, 2.24) is 4.98 Å². The van der Waals surface area contributed by atoms with Crippen LogP contribution in [0.25, 0.3) is 0 Å². The van der Waals surface area contributed by atoms with Crippen LogP contribution in [0.4, 0.5) is 14.5 Å². The van der Waals surface area contributed by atoms with Crippen molar-refractivity contribution in [3.8, 4) is 0 Å². The maximum absolute atomic E-state index is 13.3. The first kappa shape index (κ1) is 13.6. The highest BCUT2D eigenvalue weighted by Gasteiger charge is 2.09. The Morgan fingerprint density at radius 2 is 2.05 bits per heavy atom. The second-order valence-corrected chi connectivity index (χ2v) is 4.68. The lowest BCUT2D eigenvalue weighted by molar-refractivity contribution is -0.115. The van der Waals surface area contributed by atoms with Crippen molar-refractivity contribution >= 4 is 27.5 Å². The second kappa shape index (κ2) is 5.88. The minimum Gasteiger partial charge on any atom is -0.323 e. The zero-order valence-electron chi connectivity index (χ0n) is 9.66. The van der Waals surface area contributed by atoms with E-state index in [2.05, 4.69) is 26.2 Å². The van der Waals surface area contributed by atoms with Crippen LogP contribution in [0.1, 0.15) is 5.56 Å². The van der Waals surface area contributed by atoms with Crippen LogP contribution in [0.2, 0.25) is 0 Å². The number of nitrogens with one attached hydrogen (secondary N) is 1. The Morgan fingerprint density at radius 1 is 1.26 bits per heavy atom. The first-order chi connectivity index (χ1) is 9.06. The minimum absolute atomic E-state index is 0.0358. The number of anilines is 1. The fourth-order valence-electron chi connectivity index (χ4n) is 1.51. The topological polar surface area (TPSA) is 42.0 Å². The van der Waals surface area contributed by atoms with Gasteiger partial charge in [-0.1, -0.05) is 6.07 Å². The van der Waals surface area contributed by atoms with Gasteiger partial charge in [0.05, 0.1) is 22.8 Å². The highest BCUT2D eigenvalue weighted by molar-refractivity contribution is 9.10. The maximum Gasteiger partial charge on any atom is 0.228 e. The van der Waals surface area contributed by atoms with Gasteiger partial charge >= 0.3 is 0 Å². The van der Waals surface area contributed by atoms with Crippen molar-refractivity contribution in [3.63, 3.8) is 0 Å². The summed E-state index contributed by atoms with van der Waals surface area (Å²) in [6, 6.07) is 5.75. The smallest absolute Gasteiger partial charge is 0.228 e. The molecule has 0 radical (unpaired) electrons. The van der Waals surface area contributed by atoms with Crippen LogP contribution in [0.3, 0.4) is 0 Å². The van der Waals surface area contributed by atoms with Crippen LogP contribution < -0.4 is 5.32 Å². The Bertz CT molecular complexity index is 619. The molecule has 2 rings (SSSR count). The van der Waals surface area contributed by atoms with E-state index in [-0.39, 0.29) is 12.1 Å². The van der Waals surface area contributed by atoms with Gasteiger partial charge in [-0.2, -0.15) is 0 Å². The fourth-order valence-corrected chi connectivity index (χ4v) is 1.75. The highest BCUT2D eigenvalue weighted by Crippen LogP contribution is 2.17. The average molecular weight is 327 g/mol. The quantitative estimate of drug-likeness (QED) is 0.940. The minimum atomic E-state index is -0.613. The molecular weight excluding hydrogens is 318 g/mol. The van der Waals surface area contributed by atoms with E-state index >= 15 is 0 Å². The maximum atomic E-state index is 13.3. The second-order valence-electron chi connectivity index (χ2n) is 3.83. The van der Waals surface area contributed by atoms with Crippen molar-refractivity contribution in [2.24, 2.45) is 0 Å². The van der Waals surface area contributed by atoms with Crippen molar-refractivity contribution in [3.05, 3.63) is 58.3 Å². The molecule has 1 heterocycles. The van der Waals surface area contributed by atoms with E-state index in [0.29, 0.717) is 10.0 Å². The SMILES string of the molecule is O=C(Cc1ccc(Br)c(F)c1)Nc1ccncc1F. The Labute approximate surface area is 116 Å². The largest absolute Gasteiger partial charge is 0.323 e. The summed E-state index contributed by atoms with van der Waals surface area (Å²) in [5.41, 5.74) is 0.560. The summed E-state index contributed by atoms with van der Waals surface area (Å²) in [5.74, 6) is -1.48. The average Bonchev–Trinajstić information content (AvgIpc) is 2.37. The Balaban J connectivity index is 2.05. The molecule has 1 amide bonds. The molecule has 0 saturated carbocycles. The summed E-state index contributed by atoms with van der Waals surface area (Å²) in [6.07, 6.45) is 2.35. The number of amides is 1. The number of carbonyl (C=O) groups excluding carboxylic acids is 1. The molecule has 0 unspecified atom stereocenters. The predicted octanol–water partition coefficient (Wildman–Crippen LogP) is 3.30. The van der Waals surface area contributed by atoms with E-state index in [1.165, 1.54) is 24.4 Å². The van der Waals surface area contributed by atoms with Crippen LogP contribution in [0.5, 0.6) is 0 Å². The van der Waals surface area contributed by atoms with E-state index < -0.39 is 17.5 Å². The molecule has 6 heteroatoms. The molecule has 0 aliphatic carbocycles. The van der Waals surface area contributed by atoms with Gasteiger partial charge in [0.15, 0.2) is 5.82 Å². The lowest BCUT2D eigenvalue weighted by Gasteiger charge is -2.06. The third-order valence-electron chi connectivity index (χ3n) is 2.40. The number of carbonyl (C=O) groups is 1. The molecule has 1 N–H and O–H groups in total. The van der Waals surface area contributed by atoms with Gasteiger partial charge in [0.25, 0.3) is 0 Å². The number of rotatable bonds is 3. The molecule has 0 aliphatic rings. The first-order valence-electron chi connectivity index (χ1n) is 5.39. The van der Waals surface area contributed by atoms with Crippen LogP contribution >= 0.6 is 15.9 Å². The van der Waals surface area contributed by atoms with Crippen LogP contribution in [-0.2, 0) is 11.2 Å². The lowest BCUT2D eigenvalue weighted by atomic mass is 10.1. The van der Waals surface area contributed by atoms with Gasteiger partial charge in [0, 0.05) is 6.20 Å². The Kier molecular flexibility index (Phi) is 4.21. The van der Waals surface area contributed by atoms with Crippen LogP contribution in [0, 0.1) is 11.6 Å². The van der Waals surface area contributed by atoms with Crippen molar-refractivity contribution in [2.45, 2.75) is 6.42 Å². The highest BCUT2D eigenvalue weighted by atomic mass is 79.9.